The Morgan fingerprint density at radius 1 is 1.18 bits per heavy atom. The molecular formula is C22H38N2O4. The first-order valence-electron chi connectivity index (χ1n) is 10.8. The number of likely N-dealkylation sites (N-methyl/N-ethyl adjacent to an activating group) is 1. The van der Waals surface area contributed by atoms with Gasteiger partial charge in [-0.15, -0.1) is 0 Å². The van der Waals surface area contributed by atoms with E-state index < -0.39 is 5.60 Å². The van der Waals surface area contributed by atoms with Gasteiger partial charge in [0.25, 0.3) is 0 Å². The Labute approximate surface area is 170 Å². The SMILES string of the molecule is CCN1CCN2CCC[C@@](C)(CCC(=O)C2CCC(=O)C(C)(C)C)OC(=O)C1. The number of esters is 1. The molecule has 6 heteroatoms. The summed E-state index contributed by atoms with van der Waals surface area (Å²) in [7, 11) is 0. The molecule has 2 aliphatic heterocycles. The third-order valence-electron chi connectivity index (χ3n) is 6.21. The monoisotopic (exact) mass is 394 g/mol. The van der Waals surface area contributed by atoms with Crippen molar-refractivity contribution in [2.75, 3.05) is 32.7 Å². The van der Waals surface area contributed by atoms with E-state index in [9.17, 15) is 14.4 Å². The molecule has 0 spiro atoms. The van der Waals surface area contributed by atoms with Crippen LogP contribution >= 0.6 is 0 Å². The van der Waals surface area contributed by atoms with E-state index in [1.54, 1.807) is 0 Å². The molecule has 0 saturated carbocycles. The van der Waals surface area contributed by atoms with Gasteiger partial charge in [0.05, 0.1) is 12.6 Å². The van der Waals surface area contributed by atoms with Crippen LogP contribution in [0.2, 0.25) is 0 Å². The summed E-state index contributed by atoms with van der Waals surface area (Å²) >= 11 is 0. The van der Waals surface area contributed by atoms with E-state index in [4.69, 9.17) is 4.74 Å². The highest BCUT2D eigenvalue weighted by molar-refractivity contribution is 5.87. The number of Topliss-reactive ketones (excluding diaryl/α,β-unsaturated/α-hetero) is 2. The first kappa shape index (κ1) is 23.0. The lowest BCUT2D eigenvalue weighted by atomic mass is 9.86. The smallest absolute Gasteiger partial charge is 0.320 e. The molecule has 28 heavy (non-hydrogen) atoms. The van der Waals surface area contributed by atoms with Crippen LogP contribution in [0.4, 0.5) is 0 Å². The second kappa shape index (κ2) is 9.49. The van der Waals surface area contributed by atoms with Crippen molar-refractivity contribution in [2.24, 2.45) is 5.41 Å². The molecule has 2 unspecified atom stereocenters. The van der Waals surface area contributed by atoms with Crippen LogP contribution in [0.3, 0.4) is 0 Å². The second-order valence-electron chi connectivity index (χ2n) is 9.63. The first-order chi connectivity index (χ1) is 13.0. The number of nitrogens with zero attached hydrogens (tertiary/aromatic N) is 2. The van der Waals surface area contributed by atoms with E-state index in [1.807, 2.05) is 34.6 Å². The lowest BCUT2D eigenvalue weighted by Gasteiger charge is -2.33. The molecular weight excluding hydrogens is 356 g/mol. The molecule has 0 aromatic heterocycles. The number of ketones is 2. The van der Waals surface area contributed by atoms with Gasteiger partial charge in [0, 0.05) is 31.3 Å². The van der Waals surface area contributed by atoms with Crippen molar-refractivity contribution >= 4 is 17.5 Å². The molecule has 0 aromatic rings. The Kier molecular flexibility index (Phi) is 7.80. The Morgan fingerprint density at radius 2 is 1.89 bits per heavy atom. The topological polar surface area (TPSA) is 66.9 Å². The maximum Gasteiger partial charge on any atom is 0.320 e. The molecule has 2 aliphatic rings. The maximum atomic E-state index is 13.1. The second-order valence-corrected chi connectivity index (χ2v) is 9.63. The summed E-state index contributed by atoms with van der Waals surface area (Å²) in [6.45, 7) is 13.1. The minimum atomic E-state index is -0.585. The fourth-order valence-electron chi connectivity index (χ4n) is 4.16. The standard InChI is InChI=1S/C22H38N2O4/c1-6-23-14-15-24-13-7-11-22(5,28-20(27)16-23)12-10-18(25)17(24)8-9-19(26)21(2,3)4/h17H,6-16H2,1-5H3/t17?,22-/m0/s1. The number of hydrogen-bond donors (Lipinski definition) is 0. The van der Waals surface area contributed by atoms with E-state index in [0.717, 1.165) is 39.0 Å². The van der Waals surface area contributed by atoms with Crippen LogP contribution in [0.15, 0.2) is 0 Å². The summed E-state index contributed by atoms with van der Waals surface area (Å²) in [4.78, 5) is 42.3. The zero-order valence-corrected chi connectivity index (χ0v) is 18.4. The van der Waals surface area contributed by atoms with Crippen LogP contribution < -0.4 is 0 Å². The average Bonchev–Trinajstić information content (AvgIpc) is 2.63. The Balaban J connectivity index is 2.23. The normalized spacial score (nSPS) is 30.9. The molecule has 2 fully saturated rings. The minimum absolute atomic E-state index is 0.175. The molecule has 3 atom stereocenters. The Bertz CT molecular complexity index is 584. The van der Waals surface area contributed by atoms with Gasteiger partial charge in [0.1, 0.15) is 17.2 Å². The molecule has 2 bridgehead atoms. The maximum absolute atomic E-state index is 13.1. The van der Waals surface area contributed by atoms with Crippen LogP contribution in [0.1, 0.15) is 73.1 Å². The number of carbonyl (C=O) groups excluding carboxylic acids is 3. The zero-order valence-electron chi connectivity index (χ0n) is 18.4. The summed E-state index contributed by atoms with van der Waals surface area (Å²) in [5.74, 6) is 0.183. The van der Waals surface area contributed by atoms with E-state index in [1.165, 1.54) is 0 Å². The van der Waals surface area contributed by atoms with Crippen LogP contribution in [0, 0.1) is 5.41 Å². The summed E-state index contributed by atoms with van der Waals surface area (Å²) in [6, 6.07) is -0.220. The molecule has 0 aliphatic carbocycles. The van der Waals surface area contributed by atoms with E-state index >= 15 is 0 Å². The van der Waals surface area contributed by atoms with Crippen LogP contribution in [-0.2, 0) is 19.1 Å². The predicted octanol–water partition coefficient (Wildman–Crippen LogP) is 2.83. The van der Waals surface area contributed by atoms with Gasteiger partial charge in [-0.3, -0.25) is 24.2 Å². The van der Waals surface area contributed by atoms with E-state index in [0.29, 0.717) is 32.2 Å². The largest absolute Gasteiger partial charge is 0.458 e. The summed E-state index contributed by atoms with van der Waals surface area (Å²) in [6.07, 6.45) is 3.61. The number of hydrogen-bond acceptors (Lipinski definition) is 6. The molecule has 2 rings (SSSR count). The molecule has 160 valence electrons. The number of carbonyl (C=O) groups is 3. The third-order valence-corrected chi connectivity index (χ3v) is 6.21. The minimum Gasteiger partial charge on any atom is -0.458 e. The van der Waals surface area contributed by atoms with Gasteiger partial charge in [0.2, 0.25) is 0 Å². The third kappa shape index (κ3) is 6.38. The first-order valence-corrected chi connectivity index (χ1v) is 10.8. The Hall–Kier alpha value is -1.27. The van der Waals surface area contributed by atoms with Crippen molar-refractivity contribution < 1.29 is 19.1 Å². The van der Waals surface area contributed by atoms with Crippen molar-refractivity contribution in [2.45, 2.75) is 84.8 Å². The highest BCUT2D eigenvalue weighted by atomic mass is 16.6. The van der Waals surface area contributed by atoms with Gasteiger partial charge >= 0.3 is 5.97 Å². The predicted molar refractivity (Wildman–Crippen MR) is 109 cm³/mol. The molecule has 0 amide bonds. The fraction of sp³-hybridized carbons (Fsp3) is 0.864. The van der Waals surface area contributed by atoms with Gasteiger partial charge in [-0.1, -0.05) is 27.7 Å². The van der Waals surface area contributed by atoms with Gasteiger partial charge in [-0.25, -0.2) is 0 Å². The van der Waals surface area contributed by atoms with E-state index in [2.05, 4.69) is 9.80 Å². The highest BCUT2D eigenvalue weighted by Crippen LogP contribution is 2.29. The van der Waals surface area contributed by atoms with Crippen molar-refractivity contribution in [1.82, 2.24) is 9.80 Å². The van der Waals surface area contributed by atoms with Crippen LogP contribution in [-0.4, -0.2) is 71.7 Å². The van der Waals surface area contributed by atoms with Crippen molar-refractivity contribution in [3.05, 3.63) is 0 Å². The molecule has 0 radical (unpaired) electrons. The van der Waals surface area contributed by atoms with Crippen LogP contribution in [0.25, 0.3) is 0 Å². The highest BCUT2D eigenvalue weighted by Gasteiger charge is 2.36. The summed E-state index contributed by atoms with van der Waals surface area (Å²) in [5, 5.41) is 0. The van der Waals surface area contributed by atoms with Crippen molar-refractivity contribution in [3.8, 4) is 0 Å². The fourth-order valence-corrected chi connectivity index (χ4v) is 4.16. The van der Waals surface area contributed by atoms with Gasteiger partial charge in [-0.05, 0) is 45.7 Å². The Morgan fingerprint density at radius 3 is 2.54 bits per heavy atom. The van der Waals surface area contributed by atoms with Crippen molar-refractivity contribution in [3.63, 3.8) is 0 Å². The van der Waals surface area contributed by atoms with Gasteiger partial charge in [-0.2, -0.15) is 0 Å². The summed E-state index contributed by atoms with van der Waals surface area (Å²) in [5.41, 5.74) is -0.961. The van der Waals surface area contributed by atoms with Gasteiger partial charge < -0.3 is 4.74 Å². The quantitative estimate of drug-likeness (QED) is 0.683. The van der Waals surface area contributed by atoms with Gasteiger partial charge in [0.15, 0.2) is 0 Å². The molecule has 2 heterocycles. The lowest BCUT2D eigenvalue weighted by molar-refractivity contribution is -0.161. The average molecular weight is 395 g/mol. The summed E-state index contributed by atoms with van der Waals surface area (Å²) < 4.78 is 5.84. The number of rotatable bonds is 4. The molecule has 6 nitrogen and oxygen atoms in total. The lowest BCUT2D eigenvalue weighted by Crippen LogP contribution is -2.47. The van der Waals surface area contributed by atoms with Crippen molar-refractivity contribution in [1.29, 1.82) is 0 Å². The van der Waals surface area contributed by atoms with Crippen LogP contribution in [0.5, 0.6) is 0 Å². The number of fused-ring (bicyclic) bond motifs is 4. The molecule has 2 saturated heterocycles. The molecule has 0 aromatic carbocycles. The molecule has 0 N–H and O–H groups in total. The number of ether oxygens (including phenoxy) is 1. The zero-order chi connectivity index (χ0) is 20.9. The van der Waals surface area contributed by atoms with E-state index in [-0.39, 0.29) is 29.0 Å².